The first kappa shape index (κ1) is 8.06. The first-order valence-electron chi connectivity index (χ1n) is 2.54. The van der Waals surface area contributed by atoms with E-state index in [1.165, 1.54) is 6.26 Å². The molecule has 0 bridgehead atoms. The maximum absolute atomic E-state index is 10.8. The molecule has 0 aromatic carbocycles. The van der Waals surface area contributed by atoms with Gasteiger partial charge in [0.2, 0.25) is 0 Å². The van der Waals surface area contributed by atoms with E-state index in [0.717, 1.165) is 3.57 Å². The summed E-state index contributed by atoms with van der Waals surface area (Å²) >= 11 is 2.04. The topological polar surface area (TPSA) is 49.9 Å². The average Bonchev–Trinajstić information content (AvgIpc) is 2.11. The maximum Gasteiger partial charge on any atom is 0.190 e. The molecule has 0 saturated carbocycles. The molecule has 1 heterocycles. The van der Waals surface area contributed by atoms with Crippen LogP contribution in [0.25, 0.3) is 0 Å². The Bertz CT molecular complexity index is 327. The van der Waals surface area contributed by atoms with Gasteiger partial charge in [0.25, 0.3) is 0 Å². The van der Waals surface area contributed by atoms with Gasteiger partial charge in [0.15, 0.2) is 9.84 Å². The van der Waals surface area contributed by atoms with Crippen molar-refractivity contribution in [1.82, 2.24) is 4.98 Å². The number of hydrogen-bond donors (Lipinski definition) is 1. The standard InChI is InChI=1S/C5H6INO2S/c1-10(8,9)5-2-4(6)3-7-5/h2-3,7H,1H3. The van der Waals surface area contributed by atoms with E-state index in [0.29, 0.717) is 0 Å². The summed E-state index contributed by atoms with van der Waals surface area (Å²) in [5, 5.41) is 0.275. The number of rotatable bonds is 1. The largest absolute Gasteiger partial charge is 0.351 e. The average molecular weight is 271 g/mol. The van der Waals surface area contributed by atoms with E-state index in [2.05, 4.69) is 4.98 Å². The van der Waals surface area contributed by atoms with Crippen molar-refractivity contribution in [3.05, 3.63) is 15.8 Å². The summed E-state index contributed by atoms with van der Waals surface area (Å²) in [5.74, 6) is 0. The Labute approximate surface area is 72.9 Å². The quantitative estimate of drug-likeness (QED) is 0.775. The summed E-state index contributed by atoms with van der Waals surface area (Å²) in [6.07, 6.45) is 2.83. The molecule has 1 aromatic rings. The summed E-state index contributed by atoms with van der Waals surface area (Å²) in [6.45, 7) is 0. The van der Waals surface area contributed by atoms with Crippen molar-refractivity contribution < 1.29 is 8.42 Å². The summed E-state index contributed by atoms with van der Waals surface area (Å²) in [6, 6.07) is 1.59. The zero-order valence-electron chi connectivity index (χ0n) is 5.26. The minimum Gasteiger partial charge on any atom is -0.351 e. The number of aromatic amines is 1. The lowest BCUT2D eigenvalue weighted by molar-refractivity contribution is 0.599. The van der Waals surface area contributed by atoms with Gasteiger partial charge in [-0.15, -0.1) is 0 Å². The molecule has 0 radical (unpaired) electrons. The van der Waals surface area contributed by atoms with E-state index >= 15 is 0 Å². The summed E-state index contributed by atoms with van der Waals surface area (Å²) in [7, 11) is -3.04. The molecule has 0 amide bonds. The third-order valence-electron chi connectivity index (χ3n) is 1.02. The molecule has 0 unspecified atom stereocenters. The molecule has 56 valence electrons. The third-order valence-corrected chi connectivity index (χ3v) is 2.68. The van der Waals surface area contributed by atoms with Crippen LogP contribution >= 0.6 is 22.6 Å². The smallest absolute Gasteiger partial charge is 0.190 e. The predicted octanol–water partition coefficient (Wildman–Crippen LogP) is 1.02. The molecule has 10 heavy (non-hydrogen) atoms. The minimum atomic E-state index is -3.04. The van der Waals surface area contributed by atoms with Gasteiger partial charge in [-0.25, -0.2) is 8.42 Å². The van der Waals surface area contributed by atoms with E-state index in [4.69, 9.17) is 0 Å². The molecule has 3 nitrogen and oxygen atoms in total. The van der Waals surface area contributed by atoms with Crippen LogP contribution in [0.1, 0.15) is 0 Å². The normalized spacial score (nSPS) is 11.8. The predicted molar refractivity (Wildman–Crippen MR) is 46.6 cm³/mol. The SMILES string of the molecule is CS(=O)(=O)c1cc(I)c[nH]1. The Balaban J connectivity index is 3.21. The fourth-order valence-electron chi connectivity index (χ4n) is 0.563. The van der Waals surface area contributed by atoms with Crippen molar-refractivity contribution >= 4 is 32.4 Å². The minimum absolute atomic E-state index is 0.275. The summed E-state index contributed by atoms with van der Waals surface area (Å²) < 4.78 is 22.5. The highest BCUT2D eigenvalue weighted by Crippen LogP contribution is 2.10. The maximum atomic E-state index is 10.8. The molecular weight excluding hydrogens is 265 g/mol. The molecular formula is C5H6INO2S. The van der Waals surface area contributed by atoms with Gasteiger partial charge in [0.05, 0.1) is 0 Å². The Morgan fingerprint density at radius 3 is 2.40 bits per heavy atom. The van der Waals surface area contributed by atoms with Gasteiger partial charge in [0.1, 0.15) is 5.03 Å². The van der Waals surface area contributed by atoms with Gasteiger partial charge >= 0.3 is 0 Å². The lowest BCUT2D eigenvalue weighted by atomic mass is 10.7. The first-order chi connectivity index (χ1) is 4.50. The van der Waals surface area contributed by atoms with Crippen LogP contribution in [-0.2, 0) is 9.84 Å². The molecule has 1 rings (SSSR count). The molecule has 0 saturated heterocycles. The highest BCUT2D eigenvalue weighted by atomic mass is 127. The van der Waals surface area contributed by atoms with Crippen LogP contribution in [0.2, 0.25) is 0 Å². The molecule has 0 aliphatic rings. The zero-order chi connectivity index (χ0) is 7.78. The van der Waals surface area contributed by atoms with Crippen molar-refractivity contribution in [2.75, 3.05) is 6.26 Å². The van der Waals surface area contributed by atoms with Gasteiger partial charge in [-0.1, -0.05) is 0 Å². The molecule has 0 fully saturated rings. The van der Waals surface area contributed by atoms with Crippen LogP contribution in [0.15, 0.2) is 17.3 Å². The van der Waals surface area contributed by atoms with E-state index < -0.39 is 9.84 Å². The van der Waals surface area contributed by atoms with Crippen LogP contribution in [-0.4, -0.2) is 19.7 Å². The number of nitrogens with one attached hydrogen (secondary N) is 1. The zero-order valence-corrected chi connectivity index (χ0v) is 8.23. The lowest BCUT2D eigenvalue weighted by Gasteiger charge is -1.88. The van der Waals surface area contributed by atoms with E-state index in [1.807, 2.05) is 22.6 Å². The number of halogens is 1. The molecule has 0 atom stereocenters. The lowest BCUT2D eigenvalue weighted by Crippen LogP contribution is -1.95. The fraction of sp³-hybridized carbons (Fsp3) is 0.200. The molecule has 0 aliphatic heterocycles. The Morgan fingerprint density at radius 1 is 1.60 bits per heavy atom. The van der Waals surface area contributed by atoms with E-state index in [9.17, 15) is 8.42 Å². The summed E-state index contributed by atoms with van der Waals surface area (Å²) in [4.78, 5) is 2.65. The number of hydrogen-bond acceptors (Lipinski definition) is 2. The van der Waals surface area contributed by atoms with Gasteiger partial charge in [-0.2, -0.15) is 0 Å². The van der Waals surface area contributed by atoms with Crippen molar-refractivity contribution in [1.29, 1.82) is 0 Å². The Morgan fingerprint density at radius 2 is 2.20 bits per heavy atom. The van der Waals surface area contributed by atoms with Crippen LogP contribution in [0.3, 0.4) is 0 Å². The highest BCUT2D eigenvalue weighted by molar-refractivity contribution is 14.1. The van der Waals surface area contributed by atoms with Crippen molar-refractivity contribution in [3.63, 3.8) is 0 Å². The van der Waals surface area contributed by atoms with Crippen molar-refractivity contribution in [2.45, 2.75) is 5.03 Å². The number of aromatic nitrogens is 1. The number of H-pyrrole nitrogens is 1. The number of sulfone groups is 1. The first-order valence-corrected chi connectivity index (χ1v) is 5.51. The van der Waals surface area contributed by atoms with Crippen LogP contribution < -0.4 is 0 Å². The monoisotopic (exact) mass is 271 g/mol. The van der Waals surface area contributed by atoms with Crippen LogP contribution in [0, 0.1) is 3.57 Å². The van der Waals surface area contributed by atoms with Gasteiger partial charge in [-0.05, 0) is 28.7 Å². The van der Waals surface area contributed by atoms with Gasteiger partial charge in [0, 0.05) is 16.0 Å². The van der Waals surface area contributed by atoms with E-state index in [-0.39, 0.29) is 5.03 Å². The molecule has 0 aliphatic carbocycles. The van der Waals surface area contributed by atoms with Gasteiger partial charge in [-0.3, -0.25) is 0 Å². The van der Waals surface area contributed by atoms with Crippen LogP contribution in [0.4, 0.5) is 0 Å². The van der Waals surface area contributed by atoms with Crippen LogP contribution in [0.5, 0.6) is 0 Å². The van der Waals surface area contributed by atoms with Crippen molar-refractivity contribution in [3.8, 4) is 0 Å². The molecule has 0 spiro atoms. The molecule has 5 heteroatoms. The second-order valence-corrected chi connectivity index (χ2v) is 5.18. The molecule has 1 N–H and O–H groups in total. The van der Waals surface area contributed by atoms with E-state index in [1.54, 1.807) is 12.3 Å². The second-order valence-electron chi connectivity index (χ2n) is 1.95. The summed E-state index contributed by atoms with van der Waals surface area (Å²) in [5.41, 5.74) is 0. The highest BCUT2D eigenvalue weighted by Gasteiger charge is 2.07. The Kier molecular flexibility index (Phi) is 2.04. The Hall–Kier alpha value is -0.0400. The van der Waals surface area contributed by atoms with Crippen molar-refractivity contribution in [2.24, 2.45) is 0 Å². The molecule has 1 aromatic heterocycles. The second kappa shape index (κ2) is 2.54. The third kappa shape index (κ3) is 1.72. The fourth-order valence-corrected chi connectivity index (χ4v) is 1.86. The van der Waals surface area contributed by atoms with Gasteiger partial charge < -0.3 is 4.98 Å².